The molecule has 1 saturated heterocycles. The second-order valence-corrected chi connectivity index (χ2v) is 6.44. The van der Waals surface area contributed by atoms with Crippen LogP contribution in [0.5, 0.6) is 0 Å². The molecule has 2 N–H and O–H groups in total. The number of aromatic nitrogens is 1. The Morgan fingerprint density at radius 2 is 1.96 bits per heavy atom. The van der Waals surface area contributed by atoms with Crippen LogP contribution in [0.15, 0.2) is 18.3 Å². The van der Waals surface area contributed by atoms with Gasteiger partial charge in [0.15, 0.2) is 0 Å². The lowest BCUT2D eigenvalue weighted by atomic mass is 9.92. The zero-order chi connectivity index (χ0) is 15.6. The Morgan fingerprint density at radius 1 is 1.29 bits per heavy atom. The van der Waals surface area contributed by atoms with Gasteiger partial charge in [-0.15, -0.1) is 24.8 Å². The first kappa shape index (κ1) is 21.0. The van der Waals surface area contributed by atoms with Gasteiger partial charge in [-0.1, -0.05) is 0 Å². The highest BCUT2D eigenvalue weighted by Crippen LogP contribution is 2.58. The molecule has 5 nitrogen and oxygen atoms in total. The predicted molar refractivity (Wildman–Crippen MR) is 104 cm³/mol. The van der Waals surface area contributed by atoms with E-state index in [4.69, 9.17) is 0 Å². The molecule has 2 fully saturated rings. The van der Waals surface area contributed by atoms with Crippen molar-refractivity contribution >= 4 is 42.2 Å². The molecule has 1 aromatic heterocycles. The number of carbonyl (C=O) groups excluding carboxylic acids is 1. The fourth-order valence-electron chi connectivity index (χ4n) is 3.62. The molecule has 1 aromatic rings. The first-order valence-corrected chi connectivity index (χ1v) is 8.41. The number of nitrogens with one attached hydrogen (secondary N) is 2. The van der Waals surface area contributed by atoms with E-state index in [-0.39, 0.29) is 42.1 Å². The van der Waals surface area contributed by atoms with Gasteiger partial charge in [-0.05, 0) is 63.7 Å². The van der Waals surface area contributed by atoms with Crippen molar-refractivity contribution in [3.05, 3.63) is 18.3 Å². The number of hydrogen-bond acceptors (Lipinski definition) is 4. The molecule has 1 spiro atoms. The maximum Gasteiger partial charge on any atom is 0.228 e. The summed E-state index contributed by atoms with van der Waals surface area (Å²) in [4.78, 5) is 19.1. The van der Waals surface area contributed by atoms with Crippen LogP contribution in [0.3, 0.4) is 0 Å². The highest BCUT2D eigenvalue weighted by Gasteiger charge is 2.57. The van der Waals surface area contributed by atoms with Crippen LogP contribution in [0.4, 0.5) is 11.5 Å². The molecular formula is C17H28Cl2N4O. The molecule has 1 saturated carbocycles. The molecule has 1 aliphatic carbocycles. The normalized spacial score (nSPS) is 20.5. The van der Waals surface area contributed by atoms with Gasteiger partial charge >= 0.3 is 0 Å². The summed E-state index contributed by atoms with van der Waals surface area (Å²) >= 11 is 0. The van der Waals surface area contributed by atoms with E-state index in [1.54, 1.807) is 6.20 Å². The Morgan fingerprint density at radius 3 is 2.50 bits per heavy atom. The van der Waals surface area contributed by atoms with E-state index in [1.807, 2.05) is 12.1 Å². The third kappa shape index (κ3) is 4.32. The van der Waals surface area contributed by atoms with E-state index in [9.17, 15) is 4.79 Å². The van der Waals surface area contributed by atoms with E-state index < -0.39 is 0 Å². The quantitative estimate of drug-likeness (QED) is 0.831. The van der Waals surface area contributed by atoms with E-state index >= 15 is 0 Å². The Bertz CT molecular complexity index is 528. The SMILES string of the molecule is CCN(CC)c1ccc(NC(=O)C2CC23CCNCC3)cn1.Cl.Cl. The van der Waals surface area contributed by atoms with Crippen molar-refractivity contribution in [3.63, 3.8) is 0 Å². The molecule has 3 rings (SSSR count). The highest BCUT2D eigenvalue weighted by atomic mass is 35.5. The van der Waals surface area contributed by atoms with E-state index in [0.717, 1.165) is 56.9 Å². The summed E-state index contributed by atoms with van der Waals surface area (Å²) in [5.41, 5.74) is 1.08. The molecule has 7 heteroatoms. The molecule has 2 aliphatic rings. The number of hydrogen-bond donors (Lipinski definition) is 2. The number of carbonyl (C=O) groups is 1. The molecule has 136 valence electrons. The Labute approximate surface area is 156 Å². The van der Waals surface area contributed by atoms with E-state index in [2.05, 4.69) is 34.4 Å². The zero-order valence-electron chi connectivity index (χ0n) is 14.4. The number of anilines is 2. The van der Waals surface area contributed by atoms with Gasteiger partial charge in [-0.2, -0.15) is 0 Å². The van der Waals surface area contributed by atoms with Crippen LogP contribution >= 0.6 is 24.8 Å². The summed E-state index contributed by atoms with van der Waals surface area (Å²) in [7, 11) is 0. The van der Waals surface area contributed by atoms with Crippen LogP contribution in [0.2, 0.25) is 0 Å². The average Bonchev–Trinajstić information content (AvgIpc) is 3.24. The van der Waals surface area contributed by atoms with Gasteiger partial charge < -0.3 is 15.5 Å². The molecule has 2 heterocycles. The maximum atomic E-state index is 12.4. The maximum absolute atomic E-state index is 12.4. The molecule has 0 bridgehead atoms. The lowest BCUT2D eigenvalue weighted by molar-refractivity contribution is -0.118. The van der Waals surface area contributed by atoms with Crippen LogP contribution in [0.25, 0.3) is 0 Å². The standard InChI is InChI=1S/C17H26N4O.2ClH/c1-3-21(4-2)15-6-5-13(12-19-15)20-16(22)14-11-17(14)7-9-18-10-8-17;;/h5-6,12,14,18H,3-4,7-11H2,1-2H3,(H,20,22);2*1H. The second kappa shape index (κ2) is 8.88. The van der Waals surface area contributed by atoms with Crippen LogP contribution in [0, 0.1) is 11.3 Å². The predicted octanol–water partition coefficient (Wildman–Crippen LogP) is 3.10. The summed E-state index contributed by atoms with van der Waals surface area (Å²) in [5, 5.41) is 6.41. The van der Waals surface area contributed by atoms with Crippen LogP contribution in [-0.2, 0) is 4.79 Å². The average molecular weight is 375 g/mol. The largest absolute Gasteiger partial charge is 0.357 e. The topological polar surface area (TPSA) is 57.3 Å². The van der Waals surface area contributed by atoms with Crippen LogP contribution in [0.1, 0.15) is 33.1 Å². The van der Waals surface area contributed by atoms with Gasteiger partial charge in [-0.3, -0.25) is 4.79 Å². The van der Waals surface area contributed by atoms with Gasteiger partial charge in [-0.25, -0.2) is 4.98 Å². The van der Waals surface area contributed by atoms with Gasteiger partial charge in [0.25, 0.3) is 0 Å². The summed E-state index contributed by atoms with van der Waals surface area (Å²) < 4.78 is 0. The zero-order valence-corrected chi connectivity index (χ0v) is 16.0. The van der Waals surface area contributed by atoms with Gasteiger partial charge in [0, 0.05) is 19.0 Å². The van der Waals surface area contributed by atoms with Crippen molar-refractivity contribution in [2.75, 3.05) is 36.4 Å². The van der Waals surface area contributed by atoms with Gasteiger partial charge in [0.1, 0.15) is 5.82 Å². The Hall–Kier alpha value is -1.04. The lowest BCUT2D eigenvalue weighted by Crippen LogP contribution is -2.31. The number of amides is 1. The third-order valence-corrected chi connectivity index (χ3v) is 5.21. The third-order valence-electron chi connectivity index (χ3n) is 5.21. The molecule has 1 amide bonds. The lowest BCUT2D eigenvalue weighted by Gasteiger charge is -2.23. The summed E-state index contributed by atoms with van der Waals surface area (Å²) in [6.07, 6.45) is 5.07. The van der Waals surface area contributed by atoms with E-state index in [1.165, 1.54) is 0 Å². The van der Waals surface area contributed by atoms with Crippen molar-refractivity contribution in [1.29, 1.82) is 0 Å². The number of piperidine rings is 1. The highest BCUT2D eigenvalue weighted by molar-refractivity contribution is 5.95. The molecule has 1 atom stereocenters. The smallest absolute Gasteiger partial charge is 0.228 e. The van der Waals surface area contributed by atoms with Crippen LogP contribution < -0.4 is 15.5 Å². The van der Waals surface area contributed by atoms with Crippen molar-refractivity contribution in [1.82, 2.24) is 10.3 Å². The summed E-state index contributed by atoms with van der Waals surface area (Å²) in [6, 6.07) is 3.94. The van der Waals surface area contributed by atoms with Gasteiger partial charge in [0.05, 0.1) is 11.9 Å². The molecule has 0 aromatic carbocycles. The van der Waals surface area contributed by atoms with Crippen molar-refractivity contribution in [2.24, 2.45) is 11.3 Å². The monoisotopic (exact) mass is 374 g/mol. The molecule has 1 unspecified atom stereocenters. The molecular weight excluding hydrogens is 347 g/mol. The van der Waals surface area contributed by atoms with Gasteiger partial charge in [0.2, 0.25) is 5.91 Å². The minimum atomic E-state index is 0. The number of halogens is 2. The van der Waals surface area contributed by atoms with Crippen LogP contribution in [-0.4, -0.2) is 37.1 Å². The molecule has 0 radical (unpaired) electrons. The molecule has 24 heavy (non-hydrogen) atoms. The minimum absolute atomic E-state index is 0. The summed E-state index contributed by atoms with van der Waals surface area (Å²) in [5.74, 6) is 1.32. The summed E-state index contributed by atoms with van der Waals surface area (Å²) in [6.45, 7) is 8.20. The second-order valence-electron chi connectivity index (χ2n) is 6.44. The number of pyridine rings is 1. The first-order chi connectivity index (χ1) is 10.7. The Balaban J connectivity index is 0.00000144. The number of nitrogens with zero attached hydrogens (tertiary/aromatic N) is 2. The number of rotatable bonds is 5. The van der Waals surface area contributed by atoms with E-state index in [0.29, 0.717) is 0 Å². The minimum Gasteiger partial charge on any atom is -0.357 e. The van der Waals surface area contributed by atoms with Crippen molar-refractivity contribution < 1.29 is 4.79 Å². The fourth-order valence-corrected chi connectivity index (χ4v) is 3.62. The molecule has 1 aliphatic heterocycles. The fraction of sp³-hybridized carbons (Fsp3) is 0.647. The van der Waals surface area contributed by atoms with Crippen molar-refractivity contribution in [3.8, 4) is 0 Å². The van der Waals surface area contributed by atoms with Crippen molar-refractivity contribution in [2.45, 2.75) is 33.1 Å². The Kier molecular flexibility index (Phi) is 7.77. The first-order valence-electron chi connectivity index (χ1n) is 8.41.